The Morgan fingerprint density at radius 3 is 2.62 bits per heavy atom. The predicted octanol–water partition coefficient (Wildman–Crippen LogP) is 4.46. The Labute approximate surface area is 209 Å². The second kappa shape index (κ2) is 11.2. The third-order valence-corrected chi connectivity index (χ3v) is 7.18. The van der Waals surface area contributed by atoms with Gasteiger partial charge in [0.1, 0.15) is 10.8 Å². The van der Waals surface area contributed by atoms with Gasteiger partial charge in [0.15, 0.2) is 0 Å². The number of anilines is 1. The zero-order valence-electron chi connectivity index (χ0n) is 19.9. The minimum Gasteiger partial charge on any atom is -0.344 e. The van der Waals surface area contributed by atoms with E-state index in [-0.39, 0.29) is 5.56 Å². The first-order valence-corrected chi connectivity index (χ1v) is 12.8. The van der Waals surface area contributed by atoms with E-state index in [4.69, 9.17) is 16.6 Å². The molecule has 1 aliphatic heterocycles. The fourth-order valence-electron chi connectivity index (χ4n) is 4.08. The molecule has 9 heteroatoms. The van der Waals surface area contributed by atoms with Crippen LogP contribution in [-0.4, -0.2) is 49.8 Å². The average Bonchev–Trinajstić information content (AvgIpc) is 3.39. The van der Waals surface area contributed by atoms with E-state index in [9.17, 15) is 4.79 Å². The molecule has 1 aromatic carbocycles. The van der Waals surface area contributed by atoms with Crippen LogP contribution in [0.5, 0.6) is 0 Å². The summed E-state index contributed by atoms with van der Waals surface area (Å²) in [5.74, 6) is 0.880. The number of benzene rings is 1. The molecule has 0 atom stereocenters. The second-order valence-corrected chi connectivity index (χ2v) is 9.63. The van der Waals surface area contributed by atoms with Crippen molar-refractivity contribution < 1.29 is 0 Å². The van der Waals surface area contributed by atoms with Gasteiger partial charge in [0.25, 0.3) is 5.56 Å². The molecule has 0 aliphatic carbocycles. The maximum atomic E-state index is 12.8. The van der Waals surface area contributed by atoms with Gasteiger partial charge in [-0.05, 0) is 25.5 Å². The molecule has 0 N–H and O–H groups in total. The van der Waals surface area contributed by atoms with E-state index < -0.39 is 0 Å². The van der Waals surface area contributed by atoms with Gasteiger partial charge in [-0.2, -0.15) is 4.37 Å². The number of para-hydroxylation sites is 1. The summed E-state index contributed by atoms with van der Waals surface area (Å²) in [5.41, 5.74) is 2.72. The van der Waals surface area contributed by atoms with Crippen LogP contribution in [0.1, 0.15) is 31.8 Å². The van der Waals surface area contributed by atoms with E-state index in [1.807, 2.05) is 42.1 Å². The van der Waals surface area contributed by atoms with Gasteiger partial charge in [-0.25, -0.2) is 9.67 Å². The molecule has 34 heavy (non-hydrogen) atoms. The number of rotatable bonds is 8. The van der Waals surface area contributed by atoms with Crippen molar-refractivity contribution in [2.24, 2.45) is 7.05 Å². The highest BCUT2D eigenvalue weighted by molar-refractivity contribution is 7.09. The van der Waals surface area contributed by atoms with Gasteiger partial charge in [-0.3, -0.25) is 14.4 Å². The van der Waals surface area contributed by atoms with Gasteiger partial charge in [0.05, 0.1) is 11.4 Å². The van der Waals surface area contributed by atoms with Gasteiger partial charge in [0, 0.05) is 57.7 Å². The number of aromatic nitrogens is 4. The van der Waals surface area contributed by atoms with Crippen LogP contribution in [0.2, 0.25) is 5.02 Å². The summed E-state index contributed by atoms with van der Waals surface area (Å²) in [6, 6.07) is 9.60. The first-order valence-electron chi connectivity index (χ1n) is 11.6. The Kier molecular flexibility index (Phi) is 8.03. The maximum absolute atomic E-state index is 12.8. The number of halogens is 1. The van der Waals surface area contributed by atoms with Crippen LogP contribution in [0.25, 0.3) is 5.69 Å². The second-order valence-electron chi connectivity index (χ2n) is 8.52. The van der Waals surface area contributed by atoms with Crippen LogP contribution in [0.3, 0.4) is 0 Å². The third-order valence-electron chi connectivity index (χ3n) is 5.99. The Hall–Kier alpha value is -2.68. The van der Waals surface area contributed by atoms with Crippen molar-refractivity contribution in [3.05, 3.63) is 81.0 Å². The Balaban J connectivity index is 1.37. The number of allylic oxidation sites excluding steroid dienone is 4. The van der Waals surface area contributed by atoms with Crippen molar-refractivity contribution in [3.8, 4) is 5.69 Å². The normalized spacial score (nSPS) is 15.5. The molecule has 0 saturated carbocycles. The minimum atomic E-state index is -0.181. The average molecular weight is 499 g/mol. The molecule has 180 valence electrons. The predicted molar refractivity (Wildman–Crippen MR) is 140 cm³/mol. The number of hydrogen-bond acceptors (Lipinski definition) is 6. The van der Waals surface area contributed by atoms with Gasteiger partial charge < -0.3 is 4.90 Å². The first-order chi connectivity index (χ1) is 16.5. The van der Waals surface area contributed by atoms with Gasteiger partial charge >= 0.3 is 0 Å². The lowest BCUT2D eigenvalue weighted by atomic mass is 10.2. The molecule has 2 aromatic heterocycles. The Morgan fingerprint density at radius 1 is 1.18 bits per heavy atom. The molecule has 3 aromatic rings. The summed E-state index contributed by atoms with van der Waals surface area (Å²) in [5, 5.41) is 1.27. The standard InChI is InChI=1S/C25H31ClN6OS/c1-4-5-7-10-19(2)17-22-27-25(34-28-22)31-15-13-30(14-16-31)18-21-23(26)24(33)32(29(21)3)20-11-8-6-9-12-20/h5-12H,4,13-18H2,1-3H3/b7-5-,19-10+. The Bertz CT molecular complexity index is 1220. The van der Waals surface area contributed by atoms with Crippen molar-refractivity contribution in [1.29, 1.82) is 0 Å². The van der Waals surface area contributed by atoms with Crippen LogP contribution in [0, 0.1) is 0 Å². The molecule has 4 rings (SSSR count). The summed E-state index contributed by atoms with van der Waals surface area (Å²) in [7, 11) is 1.89. The highest BCUT2D eigenvalue weighted by Gasteiger charge is 2.24. The number of nitrogens with zero attached hydrogens (tertiary/aromatic N) is 6. The molecule has 0 bridgehead atoms. The lowest BCUT2D eigenvalue weighted by Crippen LogP contribution is -2.46. The van der Waals surface area contributed by atoms with Crippen LogP contribution >= 0.6 is 23.1 Å². The van der Waals surface area contributed by atoms with E-state index in [0.29, 0.717) is 11.6 Å². The zero-order valence-corrected chi connectivity index (χ0v) is 21.5. The SMILES string of the molecule is CC/C=C\C=C(/C)Cc1nsc(N2CCN(Cc3c(Cl)c(=O)n(-c4ccccc4)n3C)CC2)n1. The van der Waals surface area contributed by atoms with Crippen molar-refractivity contribution in [2.75, 3.05) is 31.1 Å². The first kappa shape index (κ1) is 24.4. The lowest BCUT2D eigenvalue weighted by molar-refractivity contribution is 0.243. The highest BCUT2D eigenvalue weighted by Crippen LogP contribution is 2.22. The fraction of sp³-hybridized carbons (Fsp3) is 0.400. The summed E-state index contributed by atoms with van der Waals surface area (Å²) in [6.07, 6.45) is 8.18. The number of piperazine rings is 1. The molecule has 0 unspecified atom stereocenters. The summed E-state index contributed by atoms with van der Waals surface area (Å²) < 4.78 is 8.06. The van der Waals surface area contributed by atoms with E-state index in [1.54, 1.807) is 4.68 Å². The van der Waals surface area contributed by atoms with Gasteiger partial charge in [0.2, 0.25) is 5.13 Å². The lowest BCUT2D eigenvalue weighted by Gasteiger charge is -2.34. The quantitative estimate of drug-likeness (QED) is 0.429. The molecule has 1 aliphatic rings. The van der Waals surface area contributed by atoms with Crippen LogP contribution in [-0.2, 0) is 20.0 Å². The Morgan fingerprint density at radius 2 is 1.91 bits per heavy atom. The summed E-state index contributed by atoms with van der Waals surface area (Å²) in [4.78, 5) is 22.2. The maximum Gasteiger partial charge on any atom is 0.290 e. The highest BCUT2D eigenvalue weighted by atomic mass is 35.5. The molecule has 0 radical (unpaired) electrons. The third kappa shape index (κ3) is 5.51. The molecule has 7 nitrogen and oxygen atoms in total. The van der Waals surface area contributed by atoms with E-state index >= 15 is 0 Å². The molecular formula is C25H31ClN6OS. The summed E-state index contributed by atoms with van der Waals surface area (Å²) >= 11 is 7.95. The fourth-order valence-corrected chi connectivity index (χ4v) is 5.08. The van der Waals surface area contributed by atoms with E-state index in [1.165, 1.54) is 17.1 Å². The topological polar surface area (TPSA) is 59.2 Å². The van der Waals surface area contributed by atoms with E-state index in [2.05, 4.69) is 46.2 Å². The van der Waals surface area contributed by atoms with Crippen LogP contribution < -0.4 is 10.5 Å². The number of hydrogen-bond donors (Lipinski definition) is 0. The molecule has 0 amide bonds. The molecule has 1 saturated heterocycles. The molecule has 3 heterocycles. The summed E-state index contributed by atoms with van der Waals surface area (Å²) in [6.45, 7) is 8.36. The minimum absolute atomic E-state index is 0.181. The zero-order chi connectivity index (χ0) is 24.1. The van der Waals surface area contributed by atoms with Crippen molar-refractivity contribution in [1.82, 2.24) is 23.6 Å². The largest absolute Gasteiger partial charge is 0.344 e. The van der Waals surface area contributed by atoms with Crippen LogP contribution in [0.4, 0.5) is 5.13 Å². The molecule has 0 spiro atoms. The van der Waals surface area contributed by atoms with Crippen molar-refractivity contribution >= 4 is 28.3 Å². The smallest absolute Gasteiger partial charge is 0.290 e. The monoisotopic (exact) mass is 498 g/mol. The van der Waals surface area contributed by atoms with Gasteiger partial charge in [-0.1, -0.05) is 60.5 Å². The van der Waals surface area contributed by atoms with E-state index in [0.717, 1.165) is 61.4 Å². The van der Waals surface area contributed by atoms with Crippen molar-refractivity contribution in [2.45, 2.75) is 33.2 Å². The molecule has 1 fully saturated rings. The van der Waals surface area contributed by atoms with Gasteiger partial charge in [-0.15, -0.1) is 0 Å². The molecular weight excluding hydrogens is 468 g/mol. The van der Waals surface area contributed by atoms with Crippen LogP contribution in [0.15, 0.2) is 58.9 Å². The van der Waals surface area contributed by atoms with Crippen molar-refractivity contribution in [3.63, 3.8) is 0 Å².